The van der Waals surface area contributed by atoms with Gasteiger partial charge in [0.1, 0.15) is 11.5 Å². The molecule has 4 heteroatoms. The molecule has 3 N–H and O–H groups in total. The number of nitrogens with two attached hydrogens (primary N) is 1. The summed E-state index contributed by atoms with van der Waals surface area (Å²) < 4.78 is 11.2. The molecule has 0 spiro atoms. The van der Waals surface area contributed by atoms with Crippen LogP contribution in [0.5, 0.6) is 11.5 Å². The largest absolute Gasteiger partial charge is 0.497 e. The van der Waals surface area contributed by atoms with Gasteiger partial charge in [-0.1, -0.05) is 34.6 Å². The second-order valence-electron chi connectivity index (χ2n) is 7.01. The van der Waals surface area contributed by atoms with Crippen molar-refractivity contribution >= 4 is 5.84 Å². The molecule has 118 valence electrons. The standard InChI is InChI=1S/C17H28N2O2/c1-16(2,3)13-11-12(20-6)7-8-14(13)21-10-9-17(4,5)15(18)19/h7-8,11H,9-10H2,1-6H3,(H3,18,19). The highest BCUT2D eigenvalue weighted by Crippen LogP contribution is 2.34. The van der Waals surface area contributed by atoms with Gasteiger partial charge < -0.3 is 15.2 Å². The first-order valence-corrected chi connectivity index (χ1v) is 7.24. The van der Waals surface area contributed by atoms with E-state index < -0.39 is 0 Å². The molecule has 0 fully saturated rings. The molecule has 21 heavy (non-hydrogen) atoms. The van der Waals surface area contributed by atoms with Gasteiger partial charge in [-0.05, 0) is 30.0 Å². The maximum absolute atomic E-state index is 7.58. The predicted octanol–water partition coefficient (Wildman–Crippen LogP) is 3.72. The van der Waals surface area contributed by atoms with Crippen molar-refractivity contribution < 1.29 is 9.47 Å². The fourth-order valence-corrected chi connectivity index (χ4v) is 1.90. The third-order valence-electron chi connectivity index (χ3n) is 3.71. The van der Waals surface area contributed by atoms with Crippen LogP contribution in [0.4, 0.5) is 0 Å². The Morgan fingerprint density at radius 1 is 1.19 bits per heavy atom. The van der Waals surface area contributed by atoms with Gasteiger partial charge in [-0.15, -0.1) is 0 Å². The van der Waals surface area contributed by atoms with Gasteiger partial charge in [0.25, 0.3) is 0 Å². The van der Waals surface area contributed by atoms with Crippen molar-refractivity contribution in [3.8, 4) is 11.5 Å². The summed E-state index contributed by atoms with van der Waals surface area (Å²) in [4.78, 5) is 0. The third-order valence-corrected chi connectivity index (χ3v) is 3.71. The number of hydrogen-bond acceptors (Lipinski definition) is 3. The van der Waals surface area contributed by atoms with E-state index in [1.165, 1.54) is 0 Å². The molecule has 0 aliphatic heterocycles. The zero-order valence-corrected chi connectivity index (χ0v) is 14.0. The van der Waals surface area contributed by atoms with Crippen molar-refractivity contribution in [1.82, 2.24) is 0 Å². The second kappa shape index (κ2) is 6.37. The molecule has 4 nitrogen and oxygen atoms in total. The van der Waals surface area contributed by atoms with Crippen molar-refractivity contribution in [2.75, 3.05) is 13.7 Å². The topological polar surface area (TPSA) is 68.3 Å². The molecule has 1 aromatic carbocycles. The molecular formula is C17H28N2O2. The van der Waals surface area contributed by atoms with Crippen LogP contribution >= 0.6 is 0 Å². The molecule has 0 aliphatic rings. The van der Waals surface area contributed by atoms with Crippen LogP contribution in [-0.2, 0) is 5.41 Å². The smallest absolute Gasteiger partial charge is 0.123 e. The first-order valence-electron chi connectivity index (χ1n) is 7.24. The molecule has 0 heterocycles. The molecule has 0 bridgehead atoms. The van der Waals surface area contributed by atoms with Crippen molar-refractivity contribution in [3.63, 3.8) is 0 Å². The van der Waals surface area contributed by atoms with E-state index in [1.54, 1.807) is 7.11 Å². The van der Waals surface area contributed by atoms with Crippen LogP contribution < -0.4 is 15.2 Å². The minimum Gasteiger partial charge on any atom is -0.497 e. The highest BCUT2D eigenvalue weighted by molar-refractivity contribution is 5.82. The van der Waals surface area contributed by atoms with Gasteiger partial charge in [-0.3, -0.25) is 5.41 Å². The zero-order chi connectivity index (χ0) is 16.3. The fraction of sp³-hybridized carbons (Fsp3) is 0.588. The molecule has 1 aromatic rings. The third kappa shape index (κ3) is 4.66. The summed E-state index contributed by atoms with van der Waals surface area (Å²) in [5.41, 5.74) is 6.34. The zero-order valence-electron chi connectivity index (χ0n) is 14.0. The maximum atomic E-state index is 7.58. The van der Waals surface area contributed by atoms with Crippen molar-refractivity contribution in [1.29, 1.82) is 5.41 Å². The number of methoxy groups -OCH3 is 1. The van der Waals surface area contributed by atoms with E-state index in [4.69, 9.17) is 20.6 Å². The Morgan fingerprint density at radius 3 is 2.29 bits per heavy atom. The number of ether oxygens (including phenoxy) is 2. The van der Waals surface area contributed by atoms with E-state index in [1.807, 2.05) is 32.0 Å². The van der Waals surface area contributed by atoms with Gasteiger partial charge >= 0.3 is 0 Å². The second-order valence-corrected chi connectivity index (χ2v) is 7.01. The predicted molar refractivity (Wildman–Crippen MR) is 87.5 cm³/mol. The van der Waals surface area contributed by atoms with Crippen molar-refractivity contribution in [2.45, 2.75) is 46.5 Å². The van der Waals surface area contributed by atoms with Gasteiger partial charge in [-0.25, -0.2) is 0 Å². The van der Waals surface area contributed by atoms with Crippen molar-refractivity contribution in [2.24, 2.45) is 11.1 Å². The summed E-state index contributed by atoms with van der Waals surface area (Å²) in [6.07, 6.45) is 0.706. The first kappa shape index (κ1) is 17.3. The molecule has 0 aliphatic carbocycles. The van der Waals surface area contributed by atoms with E-state index in [9.17, 15) is 0 Å². The monoisotopic (exact) mass is 292 g/mol. The van der Waals surface area contributed by atoms with E-state index in [0.29, 0.717) is 13.0 Å². The van der Waals surface area contributed by atoms with Crippen LogP contribution in [0.3, 0.4) is 0 Å². The Labute approximate surface area is 128 Å². The van der Waals surface area contributed by atoms with Crippen LogP contribution in [0.2, 0.25) is 0 Å². The lowest BCUT2D eigenvalue weighted by Gasteiger charge is -2.26. The van der Waals surface area contributed by atoms with Crippen LogP contribution in [0, 0.1) is 10.8 Å². The Balaban J connectivity index is 2.87. The molecular weight excluding hydrogens is 264 g/mol. The van der Waals surface area contributed by atoms with Crippen LogP contribution in [0.25, 0.3) is 0 Å². The Morgan fingerprint density at radius 2 is 1.81 bits per heavy atom. The number of nitrogens with one attached hydrogen (secondary N) is 1. The van der Waals surface area contributed by atoms with E-state index >= 15 is 0 Å². The molecule has 0 unspecified atom stereocenters. The number of benzene rings is 1. The lowest BCUT2D eigenvalue weighted by Crippen LogP contribution is -2.32. The van der Waals surface area contributed by atoms with Gasteiger partial charge in [0.2, 0.25) is 0 Å². The van der Waals surface area contributed by atoms with Crippen LogP contribution in [0.1, 0.15) is 46.6 Å². The molecule has 0 amide bonds. The average molecular weight is 292 g/mol. The Hall–Kier alpha value is -1.71. The molecule has 0 radical (unpaired) electrons. The summed E-state index contributed by atoms with van der Waals surface area (Å²) >= 11 is 0. The summed E-state index contributed by atoms with van der Waals surface area (Å²) in [5, 5.41) is 7.58. The maximum Gasteiger partial charge on any atom is 0.123 e. The summed E-state index contributed by atoms with van der Waals surface area (Å²) in [6.45, 7) is 10.9. The van der Waals surface area contributed by atoms with Crippen molar-refractivity contribution in [3.05, 3.63) is 23.8 Å². The lowest BCUT2D eigenvalue weighted by molar-refractivity contribution is 0.263. The molecule has 0 saturated carbocycles. The minimum absolute atomic E-state index is 0.0278. The van der Waals surface area contributed by atoms with Gasteiger partial charge in [0, 0.05) is 11.0 Å². The Kier molecular flexibility index (Phi) is 5.26. The van der Waals surface area contributed by atoms with E-state index in [2.05, 4.69) is 20.8 Å². The highest BCUT2D eigenvalue weighted by Gasteiger charge is 2.23. The molecule has 0 aromatic heterocycles. The number of amidine groups is 1. The minimum atomic E-state index is -0.339. The normalized spacial score (nSPS) is 12.1. The van der Waals surface area contributed by atoms with Crippen LogP contribution in [-0.4, -0.2) is 19.6 Å². The summed E-state index contributed by atoms with van der Waals surface area (Å²) in [7, 11) is 1.66. The molecule has 0 atom stereocenters. The van der Waals surface area contributed by atoms with E-state index in [0.717, 1.165) is 17.1 Å². The van der Waals surface area contributed by atoms with E-state index in [-0.39, 0.29) is 16.7 Å². The first-order chi connectivity index (χ1) is 9.58. The average Bonchev–Trinajstić information content (AvgIpc) is 2.37. The molecule has 1 rings (SSSR count). The number of hydrogen-bond donors (Lipinski definition) is 2. The highest BCUT2D eigenvalue weighted by atomic mass is 16.5. The Bertz CT molecular complexity index is 502. The quantitative estimate of drug-likeness (QED) is 0.620. The SMILES string of the molecule is COc1ccc(OCCC(C)(C)C(=N)N)c(C(C)(C)C)c1. The van der Waals surface area contributed by atoms with Gasteiger partial charge in [0.15, 0.2) is 0 Å². The lowest BCUT2D eigenvalue weighted by atomic mass is 9.86. The van der Waals surface area contributed by atoms with Gasteiger partial charge in [0.05, 0.1) is 19.6 Å². The van der Waals surface area contributed by atoms with Gasteiger partial charge in [-0.2, -0.15) is 0 Å². The molecule has 0 saturated heterocycles. The fourth-order valence-electron chi connectivity index (χ4n) is 1.90. The summed E-state index contributed by atoms with van der Waals surface area (Å²) in [6, 6.07) is 5.87. The number of rotatable bonds is 6. The van der Waals surface area contributed by atoms with Crippen LogP contribution in [0.15, 0.2) is 18.2 Å². The summed E-state index contributed by atoms with van der Waals surface area (Å²) in [5.74, 6) is 1.89.